The van der Waals surface area contributed by atoms with E-state index in [0.29, 0.717) is 24.3 Å². The van der Waals surface area contributed by atoms with Crippen LogP contribution in [0.3, 0.4) is 0 Å². The number of carbonyl (C=O) groups is 1. The van der Waals surface area contributed by atoms with Crippen LogP contribution in [0.25, 0.3) is 0 Å². The SMILES string of the molecule is COc1ccc(S(=O)(=O)N(C)C)cc1CCC(=O)NCc1ccc(CN2CCCCC2)cc1. The lowest BCUT2D eigenvalue weighted by molar-refractivity contribution is -0.121. The largest absolute Gasteiger partial charge is 0.496 e. The molecule has 0 aromatic heterocycles. The molecule has 1 aliphatic rings. The number of carbonyl (C=O) groups excluding carboxylic acids is 1. The van der Waals surface area contributed by atoms with Crippen LogP contribution in [0.5, 0.6) is 5.75 Å². The lowest BCUT2D eigenvalue weighted by atomic mass is 10.1. The van der Waals surface area contributed by atoms with Crippen molar-refractivity contribution < 1.29 is 17.9 Å². The Balaban J connectivity index is 1.52. The third-order valence-corrected chi connectivity index (χ3v) is 7.83. The molecule has 1 fully saturated rings. The molecule has 1 saturated heterocycles. The van der Waals surface area contributed by atoms with Gasteiger partial charge in [0, 0.05) is 33.6 Å². The monoisotopic (exact) mass is 473 g/mol. The summed E-state index contributed by atoms with van der Waals surface area (Å²) < 4.78 is 31.4. The highest BCUT2D eigenvalue weighted by atomic mass is 32.2. The Morgan fingerprint density at radius 1 is 1.03 bits per heavy atom. The molecular weight excluding hydrogens is 438 g/mol. The van der Waals surface area contributed by atoms with Crippen LogP contribution >= 0.6 is 0 Å². The van der Waals surface area contributed by atoms with Crippen LogP contribution in [0.15, 0.2) is 47.4 Å². The van der Waals surface area contributed by atoms with Gasteiger partial charge in [0.15, 0.2) is 0 Å². The summed E-state index contributed by atoms with van der Waals surface area (Å²) in [6.45, 7) is 3.80. The molecule has 2 aromatic rings. The number of benzene rings is 2. The van der Waals surface area contributed by atoms with E-state index in [2.05, 4.69) is 34.5 Å². The summed E-state index contributed by atoms with van der Waals surface area (Å²) in [7, 11) is 0.973. The van der Waals surface area contributed by atoms with Crippen LogP contribution in [0.1, 0.15) is 42.4 Å². The fourth-order valence-electron chi connectivity index (χ4n) is 4.00. The zero-order valence-electron chi connectivity index (χ0n) is 19.8. The van der Waals surface area contributed by atoms with Gasteiger partial charge in [0.05, 0.1) is 12.0 Å². The zero-order valence-corrected chi connectivity index (χ0v) is 20.7. The number of rotatable bonds is 10. The van der Waals surface area contributed by atoms with E-state index < -0.39 is 10.0 Å². The van der Waals surface area contributed by atoms with Crippen LogP contribution in [0.4, 0.5) is 0 Å². The van der Waals surface area contributed by atoms with Crippen LogP contribution in [0.2, 0.25) is 0 Å². The fourth-order valence-corrected chi connectivity index (χ4v) is 4.95. The number of sulfonamides is 1. The van der Waals surface area contributed by atoms with Gasteiger partial charge in [-0.05, 0) is 67.2 Å². The molecule has 0 radical (unpaired) electrons. The van der Waals surface area contributed by atoms with Crippen molar-refractivity contribution >= 4 is 15.9 Å². The van der Waals surface area contributed by atoms with Gasteiger partial charge in [0.25, 0.3) is 0 Å². The predicted molar refractivity (Wildman–Crippen MR) is 130 cm³/mol. The average Bonchev–Trinajstić information content (AvgIpc) is 2.82. The second kappa shape index (κ2) is 11.6. The molecule has 0 aliphatic carbocycles. The molecule has 2 aromatic carbocycles. The van der Waals surface area contributed by atoms with Crippen molar-refractivity contribution in [3.05, 3.63) is 59.2 Å². The number of methoxy groups -OCH3 is 1. The highest BCUT2D eigenvalue weighted by Gasteiger charge is 2.19. The summed E-state index contributed by atoms with van der Waals surface area (Å²) in [5.74, 6) is 0.486. The number of hydrogen-bond donors (Lipinski definition) is 1. The Hall–Kier alpha value is -2.42. The summed E-state index contributed by atoms with van der Waals surface area (Å²) in [5, 5.41) is 2.95. The van der Waals surface area contributed by atoms with Gasteiger partial charge in [0.2, 0.25) is 15.9 Å². The maximum atomic E-state index is 12.4. The Morgan fingerprint density at radius 2 is 1.70 bits per heavy atom. The molecule has 0 spiro atoms. The van der Waals surface area contributed by atoms with Gasteiger partial charge in [-0.15, -0.1) is 0 Å². The Kier molecular flexibility index (Phi) is 8.88. The van der Waals surface area contributed by atoms with Gasteiger partial charge in [-0.25, -0.2) is 12.7 Å². The topological polar surface area (TPSA) is 79.0 Å². The van der Waals surface area contributed by atoms with E-state index >= 15 is 0 Å². The maximum absolute atomic E-state index is 12.4. The molecule has 1 amide bonds. The molecule has 7 nitrogen and oxygen atoms in total. The van der Waals surface area contributed by atoms with E-state index in [9.17, 15) is 13.2 Å². The Bertz CT molecular complexity index is 1030. The van der Waals surface area contributed by atoms with Crippen molar-refractivity contribution in [2.45, 2.75) is 50.1 Å². The predicted octanol–water partition coefficient (Wildman–Crippen LogP) is 3.18. The van der Waals surface area contributed by atoms with Gasteiger partial charge in [0.1, 0.15) is 5.75 Å². The molecule has 1 heterocycles. The van der Waals surface area contributed by atoms with Crippen LogP contribution in [-0.2, 0) is 34.3 Å². The number of ether oxygens (including phenoxy) is 1. The zero-order chi connectivity index (χ0) is 23.8. The van der Waals surface area contributed by atoms with Gasteiger partial charge >= 0.3 is 0 Å². The molecule has 33 heavy (non-hydrogen) atoms. The summed E-state index contributed by atoms with van der Waals surface area (Å²) in [6, 6.07) is 13.1. The molecule has 0 atom stereocenters. The lowest BCUT2D eigenvalue weighted by Crippen LogP contribution is -2.29. The van der Waals surface area contributed by atoms with Crippen LogP contribution in [0, 0.1) is 0 Å². The first-order chi connectivity index (χ1) is 15.8. The summed E-state index contributed by atoms with van der Waals surface area (Å²) in [5.41, 5.74) is 3.05. The standard InChI is InChI=1S/C25H35N3O4S/c1-27(2)33(30,31)23-12-13-24(32-3)22(17-23)11-14-25(29)26-18-20-7-9-21(10-8-20)19-28-15-5-4-6-16-28/h7-10,12-13,17H,4-6,11,14-16,18-19H2,1-3H3,(H,26,29). The minimum atomic E-state index is -3.55. The number of likely N-dealkylation sites (tertiary alicyclic amines) is 1. The van der Waals surface area contributed by atoms with Gasteiger partial charge in [-0.1, -0.05) is 30.7 Å². The van der Waals surface area contributed by atoms with Gasteiger partial charge in [-0.2, -0.15) is 0 Å². The van der Waals surface area contributed by atoms with E-state index in [1.807, 2.05) is 0 Å². The van der Waals surface area contributed by atoms with E-state index in [0.717, 1.165) is 12.1 Å². The summed E-state index contributed by atoms with van der Waals surface area (Å²) in [4.78, 5) is 15.1. The molecule has 8 heteroatoms. The first-order valence-corrected chi connectivity index (χ1v) is 12.9. The highest BCUT2D eigenvalue weighted by molar-refractivity contribution is 7.89. The number of hydrogen-bond acceptors (Lipinski definition) is 5. The first kappa shape index (κ1) is 25.2. The Labute approximate surface area is 197 Å². The molecule has 0 bridgehead atoms. The minimum Gasteiger partial charge on any atom is -0.496 e. The van der Waals surface area contributed by atoms with Crippen molar-refractivity contribution in [2.24, 2.45) is 0 Å². The second-order valence-corrected chi connectivity index (χ2v) is 10.8. The summed E-state index contributed by atoms with van der Waals surface area (Å²) >= 11 is 0. The van der Waals surface area contributed by atoms with E-state index in [-0.39, 0.29) is 17.2 Å². The van der Waals surface area contributed by atoms with Crippen LogP contribution < -0.4 is 10.1 Å². The van der Waals surface area contributed by atoms with Crippen molar-refractivity contribution in [2.75, 3.05) is 34.3 Å². The number of piperidine rings is 1. The number of nitrogens with one attached hydrogen (secondary N) is 1. The lowest BCUT2D eigenvalue weighted by Gasteiger charge is -2.26. The molecule has 180 valence electrons. The third kappa shape index (κ3) is 7.03. The molecule has 1 N–H and O–H groups in total. The smallest absolute Gasteiger partial charge is 0.242 e. The van der Waals surface area contributed by atoms with Gasteiger partial charge < -0.3 is 10.1 Å². The third-order valence-electron chi connectivity index (χ3n) is 6.02. The van der Waals surface area contributed by atoms with E-state index in [4.69, 9.17) is 4.74 Å². The first-order valence-electron chi connectivity index (χ1n) is 11.5. The van der Waals surface area contributed by atoms with Crippen molar-refractivity contribution in [3.8, 4) is 5.75 Å². The second-order valence-electron chi connectivity index (χ2n) is 8.69. The molecule has 3 rings (SSSR count). The number of amides is 1. The van der Waals surface area contributed by atoms with E-state index in [1.54, 1.807) is 12.1 Å². The van der Waals surface area contributed by atoms with Crippen molar-refractivity contribution in [1.82, 2.24) is 14.5 Å². The maximum Gasteiger partial charge on any atom is 0.242 e. The quantitative estimate of drug-likeness (QED) is 0.573. The molecule has 1 aliphatic heterocycles. The number of nitrogens with zero attached hydrogens (tertiary/aromatic N) is 2. The Morgan fingerprint density at radius 3 is 2.33 bits per heavy atom. The molecule has 0 saturated carbocycles. The van der Waals surface area contributed by atoms with Crippen LogP contribution in [-0.4, -0.2) is 57.8 Å². The fraction of sp³-hybridized carbons (Fsp3) is 0.480. The van der Waals surface area contributed by atoms with Crippen molar-refractivity contribution in [3.63, 3.8) is 0 Å². The number of aryl methyl sites for hydroxylation is 1. The van der Waals surface area contributed by atoms with Crippen molar-refractivity contribution in [1.29, 1.82) is 0 Å². The molecular formula is C25H35N3O4S. The summed E-state index contributed by atoms with van der Waals surface area (Å²) in [6.07, 6.45) is 4.54. The van der Waals surface area contributed by atoms with Gasteiger partial charge in [-0.3, -0.25) is 9.69 Å². The molecule has 0 unspecified atom stereocenters. The van der Waals surface area contributed by atoms with E-state index in [1.165, 1.54) is 69.5 Å². The normalized spacial score (nSPS) is 14.9. The highest BCUT2D eigenvalue weighted by Crippen LogP contribution is 2.25. The minimum absolute atomic E-state index is 0.0877. The average molecular weight is 474 g/mol.